The van der Waals surface area contributed by atoms with Gasteiger partial charge in [-0.05, 0) is 45.6 Å². The van der Waals surface area contributed by atoms with Crippen LogP contribution >= 0.6 is 27.3 Å². The molecule has 1 atom stereocenters. The van der Waals surface area contributed by atoms with Crippen molar-refractivity contribution in [3.63, 3.8) is 0 Å². The van der Waals surface area contributed by atoms with Crippen LogP contribution in [0.15, 0.2) is 40.2 Å². The zero-order valence-corrected chi connectivity index (χ0v) is 12.6. The average molecular weight is 355 g/mol. The highest BCUT2D eigenvalue weighted by Crippen LogP contribution is 2.22. The quantitative estimate of drug-likeness (QED) is 0.735. The Morgan fingerprint density at radius 1 is 1.35 bits per heavy atom. The zero-order chi connectivity index (χ0) is 14.7. The lowest BCUT2D eigenvalue weighted by Crippen LogP contribution is -2.33. The van der Waals surface area contributed by atoms with E-state index in [0.29, 0.717) is 20.6 Å². The van der Waals surface area contributed by atoms with Gasteiger partial charge < -0.3 is 16.2 Å². The highest BCUT2D eigenvalue weighted by atomic mass is 79.9. The predicted molar refractivity (Wildman–Crippen MR) is 80.7 cm³/mol. The number of halogens is 1. The van der Waals surface area contributed by atoms with E-state index in [1.807, 2.05) is 0 Å². The molecule has 0 fully saturated rings. The number of nitrogens with two attached hydrogens (primary N) is 1. The number of hydrogen-bond acceptors (Lipinski definition) is 4. The molecule has 104 valence electrons. The first-order chi connectivity index (χ1) is 9.49. The molecule has 2 aromatic rings. The average Bonchev–Trinajstić information content (AvgIpc) is 2.92. The monoisotopic (exact) mass is 354 g/mol. The number of carbonyl (C=O) groups excluding carboxylic acids is 1. The molecule has 1 aromatic carbocycles. The Bertz CT molecular complexity index is 643. The number of carboxylic acids is 1. The van der Waals surface area contributed by atoms with Gasteiger partial charge in [0.15, 0.2) is 6.04 Å². The summed E-state index contributed by atoms with van der Waals surface area (Å²) in [5.74, 6) is -1.57. The fraction of sp³-hybridized carbons (Fsp3) is 0.0769. The summed E-state index contributed by atoms with van der Waals surface area (Å²) in [6.45, 7) is 0. The highest BCUT2D eigenvalue weighted by Gasteiger charge is 2.23. The molecular weight excluding hydrogens is 344 g/mol. The van der Waals surface area contributed by atoms with E-state index in [0.717, 1.165) is 0 Å². The second kappa shape index (κ2) is 6.06. The van der Waals surface area contributed by atoms with Gasteiger partial charge in [-0.1, -0.05) is 6.07 Å². The molecule has 1 unspecified atom stereocenters. The number of thiophene rings is 1. The maximum absolute atomic E-state index is 12.1. The number of nitrogen functional groups attached to an aromatic ring is 1. The largest absolute Gasteiger partial charge is 0.479 e. The van der Waals surface area contributed by atoms with Gasteiger partial charge in [0.2, 0.25) is 0 Å². The third kappa shape index (κ3) is 3.17. The minimum absolute atomic E-state index is 0.342. The molecule has 0 spiro atoms. The fourth-order valence-corrected chi connectivity index (χ4v) is 2.74. The van der Waals surface area contributed by atoms with Crippen molar-refractivity contribution >= 4 is 44.8 Å². The van der Waals surface area contributed by atoms with Gasteiger partial charge in [-0.25, -0.2) is 4.79 Å². The summed E-state index contributed by atoms with van der Waals surface area (Å²) in [5.41, 5.74) is 6.49. The van der Waals surface area contributed by atoms with Crippen LogP contribution in [-0.4, -0.2) is 17.0 Å². The molecule has 4 N–H and O–H groups in total. The molecule has 5 nitrogen and oxygen atoms in total. The van der Waals surface area contributed by atoms with E-state index in [1.165, 1.54) is 11.3 Å². The minimum Gasteiger partial charge on any atom is -0.479 e. The van der Waals surface area contributed by atoms with Crippen molar-refractivity contribution in [2.24, 2.45) is 0 Å². The van der Waals surface area contributed by atoms with Crippen molar-refractivity contribution in [3.05, 3.63) is 50.6 Å². The lowest BCUT2D eigenvalue weighted by atomic mass is 10.1. The van der Waals surface area contributed by atoms with E-state index in [4.69, 9.17) is 5.73 Å². The van der Waals surface area contributed by atoms with Crippen molar-refractivity contribution in [1.29, 1.82) is 0 Å². The Morgan fingerprint density at radius 2 is 2.10 bits per heavy atom. The number of amides is 1. The van der Waals surface area contributed by atoms with Crippen molar-refractivity contribution in [2.75, 3.05) is 5.73 Å². The normalized spacial score (nSPS) is 11.8. The Labute approximate surface area is 127 Å². The Balaban J connectivity index is 2.20. The maximum atomic E-state index is 12.1. The number of aliphatic carboxylic acids is 1. The molecule has 0 saturated carbocycles. The molecule has 0 aliphatic heterocycles. The Morgan fingerprint density at radius 3 is 2.65 bits per heavy atom. The summed E-state index contributed by atoms with van der Waals surface area (Å²) >= 11 is 4.51. The van der Waals surface area contributed by atoms with E-state index in [2.05, 4.69) is 21.2 Å². The molecule has 20 heavy (non-hydrogen) atoms. The van der Waals surface area contributed by atoms with Crippen LogP contribution in [0, 0.1) is 0 Å². The first-order valence-corrected chi connectivity index (χ1v) is 7.28. The third-order valence-electron chi connectivity index (χ3n) is 2.61. The first-order valence-electron chi connectivity index (χ1n) is 5.61. The minimum atomic E-state index is -1.10. The van der Waals surface area contributed by atoms with Crippen LogP contribution in [0.5, 0.6) is 0 Å². The van der Waals surface area contributed by atoms with E-state index in [9.17, 15) is 14.7 Å². The van der Waals surface area contributed by atoms with Gasteiger partial charge in [-0.15, -0.1) is 11.3 Å². The fourth-order valence-electron chi connectivity index (χ4n) is 1.59. The van der Waals surface area contributed by atoms with Gasteiger partial charge in [0.05, 0.1) is 0 Å². The molecular formula is C13H11BrN2O3S. The van der Waals surface area contributed by atoms with Crippen LogP contribution < -0.4 is 11.1 Å². The molecule has 0 aliphatic carbocycles. The summed E-state index contributed by atoms with van der Waals surface area (Å²) < 4.78 is 0.591. The number of carboxylic acid groups (broad SMARTS) is 1. The smallest absolute Gasteiger partial charge is 0.331 e. The van der Waals surface area contributed by atoms with Crippen molar-refractivity contribution in [2.45, 2.75) is 6.04 Å². The predicted octanol–water partition coefficient (Wildman–Crippen LogP) is 2.65. The molecule has 0 saturated heterocycles. The summed E-state index contributed by atoms with van der Waals surface area (Å²) in [6.07, 6.45) is 0. The van der Waals surface area contributed by atoms with Gasteiger partial charge >= 0.3 is 5.97 Å². The summed E-state index contributed by atoms with van der Waals surface area (Å²) in [4.78, 5) is 23.9. The van der Waals surface area contributed by atoms with Crippen molar-refractivity contribution in [3.8, 4) is 0 Å². The maximum Gasteiger partial charge on any atom is 0.331 e. The van der Waals surface area contributed by atoms with E-state index >= 15 is 0 Å². The van der Waals surface area contributed by atoms with Gasteiger partial charge in [-0.2, -0.15) is 0 Å². The van der Waals surface area contributed by atoms with Gasteiger partial charge in [0, 0.05) is 20.6 Å². The molecule has 1 heterocycles. The van der Waals surface area contributed by atoms with Crippen LogP contribution in [0.3, 0.4) is 0 Å². The number of hydrogen-bond donors (Lipinski definition) is 3. The van der Waals surface area contributed by atoms with Crippen LogP contribution in [0.1, 0.15) is 21.3 Å². The molecule has 1 amide bonds. The Kier molecular flexibility index (Phi) is 4.41. The SMILES string of the molecule is Nc1ccc(C(=O)NC(C(=O)O)c2cccs2)cc1Br. The number of nitrogens with one attached hydrogen (secondary N) is 1. The molecule has 0 bridgehead atoms. The molecule has 7 heteroatoms. The number of carbonyl (C=O) groups is 2. The topological polar surface area (TPSA) is 92.4 Å². The summed E-state index contributed by atoms with van der Waals surface area (Å²) in [7, 11) is 0. The molecule has 0 radical (unpaired) electrons. The standard InChI is InChI=1S/C13H11BrN2O3S/c14-8-6-7(3-4-9(8)15)12(17)16-11(13(18)19)10-2-1-5-20-10/h1-6,11H,15H2,(H,16,17)(H,18,19). The zero-order valence-electron chi connectivity index (χ0n) is 10.2. The van der Waals surface area contributed by atoms with Crippen molar-refractivity contribution in [1.82, 2.24) is 5.32 Å². The third-order valence-corrected chi connectivity index (χ3v) is 4.24. The van der Waals surface area contributed by atoms with E-state index in [-0.39, 0.29) is 0 Å². The second-order valence-electron chi connectivity index (χ2n) is 4.00. The highest BCUT2D eigenvalue weighted by molar-refractivity contribution is 9.10. The van der Waals surface area contributed by atoms with Crippen LogP contribution in [-0.2, 0) is 4.79 Å². The van der Waals surface area contributed by atoms with Crippen LogP contribution in [0.4, 0.5) is 5.69 Å². The molecule has 1 aromatic heterocycles. The Hall–Kier alpha value is -1.86. The van der Waals surface area contributed by atoms with E-state index < -0.39 is 17.9 Å². The summed E-state index contributed by atoms with van der Waals surface area (Å²) in [5, 5.41) is 13.5. The number of rotatable bonds is 4. The summed E-state index contributed by atoms with van der Waals surface area (Å²) in [6, 6.07) is 7.03. The molecule has 0 aliphatic rings. The lowest BCUT2D eigenvalue weighted by molar-refractivity contribution is -0.139. The van der Waals surface area contributed by atoms with Crippen LogP contribution in [0.25, 0.3) is 0 Å². The van der Waals surface area contributed by atoms with Crippen molar-refractivity contribution < 1.29 is 14.7 Å². The van der Waals surface area contributed by atoms with Crippen LogP contribution in [0.2, 0.25) is 0 Å². The first kappa shape index (κ1) is 14.5. The van der Waals surface area contributed by atoms with E-state index in [1.54, 1.807) is 35.7 Å². The lowest BCUT2D eigenvalue weighted by Gasteiger charge is -2.13. The second-order valence-corrected chi connectivity index (χ2v) is 5.83. The van der Waals surface area contributed by atoms with Gasteiger partial charge in [-0.3, -0.25) is 4.79 Å². The number of benzene rings is 1. The van der Waals surface area contributed by atoms with Gasteiger partial charge in [0.1, 0.15) is 0 Å². The molecule has 2 rings (SSSR count). The number of anilines is 1. The van der Waals surface area contributed by atoms with Gasteiger partial charge in [0.25, 0.3) is 5.91 Å².